The summed E-state index contributed by atoms with van der Waals surface area (Å²) in [5.41, 5.74) is 1.45. The summed E-state index contributed by atoms with van der Waals surface area (Å²) in [6.45, 7) is 0.908. The van der Waals surface area contributed by atoms with E-state index in [0.717, 1.165) is 38.1 Å². The van der Waals surface area contributed by atoms with Gasteiger partial charge in [0.1, 0.15) is 0 Å². The summed E-state index contributed by atoms with van der Waals surface area (Å²) in [5, 5.41) is 17.2. The molecular weight excluding hydrogens is 354 g/mol. The Morgan fingerprint density at radius 2 is 1.93 bits per heavy atom. The van der Waals surface area contributed by atoms with Gasteiger partial charge in [-0.25, -0.2) is 0 Å². The van der Waals surface area contributed by atoms with Crippen molar-refractivity contribution in [2.24, 2.45) is 5.92 Å². The lowest BCUT2D eigenvalue weighted by molar-refractivity contribution is -0.142. The number of aliphatic carboxylic acids is 1. The summed E-state index contributed by atoms with van der Waals surface area (Å²) in [6, 6.07) is 11.3. The fourth-order valence-electron chi connectivity index (χ4n) is 4.65. The lowest BCUT2D eigenvalue weighted by Gasteiger charge is -2.23. The average molecular weight is 381 g/mol. The summed E-state index contributed by atoms with van der Waals surface area (Å²) >= 11 is 0. The van der Waals surface area contributed by atoms with Crippen molar-refractivity contribution in [3.05, 3.63) is 47.6 Å². The van der Waals surface area contributed by atoms with Crippen LogP contribution in [0.5, 0.6) is 0 Å². The van der Waals surface area contributed by atoms with Crippen LogP contribution in [-0.2, 0) is 10.2 Å². The van der Waals surface area contributed by atoms with Gasteiger partial charge in [-0.2, -0.15) is 4.98 Å². The van der Waals surface area contributed by atoms with Crippen LogP contribution in [0.1, 0.15) is 74.1 Å². The van der Waals surface area contributed by atoms with E-state index in [0.29, 0.717) is 30.7 Å². The second-order valence-corrected chi connectivity index (χ2v) is 8.86. The Labute approximate surface area is 164 Å². The van der Waals surface area contributed by atoms with E-state index in [4.69, 9.17) is 14.6 Å². The molecule has 0 aliphatic heterocycles. The Balaban J connectivity index is 1.17. The monoisotopic (exact) mass is 381 g/mol. The van der Waals surface area contributed by atoms with E-state index in [1.54, 1.807) is 0 Å². The largest absolute Gasteiger partial charge is 0.481 e. The lowest BCUT2D eigenvalue weighted by atomic mass is 9.82. The van der Waals surface area contributed by atoms with Crippen molar-refractivity contribution in [1.82, 2.24) is 15.5 Å². The molecule has 6 heteroatoms. The number of rotatable bonds is 7. The molecule has 3 saturated carbocycles. The van der Waals surface area contributed by atoms with E-state index in [2.05, 4.69) is 40.8 Å². The van der Waals surface area contributed by atoms with Gasteiger partial charge in [-0.05, 0) is 50.5 Å². The molecule has 2 N–H and O–H groups in total. The third kappa shape index (κ3) is 3.46. The first-order valence-corrected chi connectivity index (χ1v) is 10.5. The number of hydrogen-bond donors (Lipinski definition) is 2. The number of benzene rings is 1. The van der Waals surface area contributed by atoms with Gasteiger partial charge >= 0.3 is 5.97 Å². The fraction of sp³-hybridized carbons (Fsp3) is 0.591. The second-order valence-electron chi connectivity index (χ2n) is 8.86. The maximum absolute atomic E-state index is 11.1. The zero-order valence-electron chi connectivity index (χ0n) is 16.0. The number of carboxylic acids is 1. The molecule has 6 nitrogen and oxygen atoms in total. The van der Waals surface area contributed by atoms with Crippen molar-refractivity contribution >= 4 is 5.97 Å². The van der Waals surface area contributed by atoms with Crippen LogP contribution in [0.3, 0.4) is 0 Å². The molecule has 1 aromatic carbocycles. The molecule has 1 heterocycles. The molecule has 3 fully saturated rings. The zero-order chi connectivity index (χ0) is 19.1. The Morgan fingerprint density at radius 1 is 1.18 bits per heavy atom. The molecule has 3 aliphatic rings. The van der Waals surface area contributed by atoms with Crippen LogP contribution in [0.15, 0.2) is 34.9 Å². The number of carboxylic acid groups (broad SMARTS) is 1. The summed E-state index contributed by atoms with van der Waals surface area (Å²) in [6.07, 6.45) is 6.46. The first-order chi connectivity index (χ1) is 13.6. The van der Waals surface area contributed by atoms with Crippen LogP contribution in [0.25, 0.3) is 0 Å². The summed E-state index contributed by atoms with van der Waals surface area (Å²) in [5.74, 6) is 1.50. The Hall–Kier alpha value is -2.21. The quantitative estimate of drug-likeness (QED) is 0.762. The number of aromatic nitrogens is 2. The van der Waals surface area contributed by atoms with Gasteiger partial charge < -0.3 is 14.9 Å². The van der Waals surface area contributed by atoms with Crippen molar-refractivity contribution in [3.63, 3.8) is 0 Å². The van der Waals surface area contributed by atoms with Crippen LogP contribution in [0.2, 0.25) is 0 Å². The molecule has 0 spiro atoms. The predicted molar refractivity (Wildman–Crippen MR) is 103 cm³/mol. The van der Waals surface area contributed by atoms with Gasteiger partial charge in [0.05, 0.1) is 5.92 Å². The van der Waals surface area contributed by atoms with Gasteiger partial charge in [-0.1, -0.05) is 35.5 Å². The van der Waals surface area contributed by atoms with Gasteiger partial charge in [0.15, 0.2) is 5.82 Å². The molecule has 28 heavy (non-hydrogen) atoms. The highest BCUT2D eigenvalue weighted by atomic mass is 16.5. The molecule has 2 atom stereocenters. The number of nitrogens with one attached hydrogen (secondary N) is 1. The van der Waals surface area contributed by atoms with Crippen LogP contribution >= 0.6 is 0 Å². The third-order valence-electron chi connectivity index (χ3n) is 6.92. The number of carbonyl (C=O) groups is 1. The zero-order valence-corrected chi connectivity index (χ0v) is 16.0. The highest BCUT2D eigenvalue weighted by molar-refractivity contribution is 5.70. The molecule has 0 amide bonds. The van der Waals surface area contributed by atoms with Crippen LogP contribution in [-0.4, -0.2) is 33.8 Å². The maximum atomic E-state index is 11.1. The predicted octanol–water partition coefficient (Wildman–Crippen LogP) is 3.61. The highest BCUT2D eigenvalue weighted by Crippen LogP contribution is 2.48. The van der Waals surface area contributed by atoms with E-state index in [9.17, 15) is 4.79 Å². The van der Waals surface area contributed by atoms with Gasteiger partial charge in [0.2, 0.25) is 5.89 Å². The maximum Gasteiger partial charge on any atom is 0.306 e. The van der Waals surface area contributed by atoms with Crippen molar-refractivity contribution in [2.75, 3.05) is 6.54 Å². The molecule has 0 unspecified atom stereocenters. The van der Waals surface area contributed by atoms with E-state index in [-0.39, 0.29) is 17.3 Å². The summed E-state index contributed by atoms with van der Waals surface area (Å²) in [4.78, 5) is 15.9. The first-order valence-electron chi connectivity index (χ1n) is 10.5. The van der Waals surface area contributed by atoms with E-state index < -0.39 is 5.97 Å². The number of hydrogen-bond acceptors (Lipinski definition) is 5. The third-order valence-corrected chi connectivity index (χ3v) is 6.92. The molecule has 148 valence electrons. The average Bonchev–Trinajstić information content (AvgIpc) is 3.64. The van der Waals surface area contributed by atoms with Crippen molar-refractivity contribution in [3.8, 4) is 0 Å². The molecule has 2 aromatic rings. The molecule has 0 radical (unpaired) electrons. The van der Waals surface area contributed by atoms with E-state index in [1.807, 2.05) is 0 Å². The molecule has 1 aromatic heterocycles. The van der Waals surface area contributed by atoms with Crippen molar-refractivity contribution in [1.29, 1.82) is 0 Å². The summed E-state index contributed by atoms with van der Waals surface area (Å²) < 4.78 is 5.60. The fourth-order valence-corrected chi connectivity index (χ4v) is 4.65. The normalized spacial score (nSPS) is 30.7. The second kappa shape index (κ2) is 6.99. The van der Waals surface area contributed by atoms with Gasteiger partial charge in [-0.3, -0.25) is 4.79 Å². The first kappa shape index (κ1) is 17.9. The van der Waals surface area contributed by atoms with Crippen LogP contribution in [0.4, 0.5) is 0 Å². The molecule has 5 rings (SSSR count). The van der Waals surface area contributed by atoms with Crippen molar-refractivity contribution in [2.45, 2.75) is 68.2 Å². The molecular formula is C22H27N3O3. The SMILES string of the molecule is O=C(O)[C@H]1CC[C@H](c2nc(C3(CN[C@H]4C[C@@H]4c4ccccc4)CC3)no2)CC1. The van der Waals surface area contributed by atoms with E-state index in [1.165, 1.54) is 12.0 Å². The minimum atomic E-state index is -0.679. The smallest absolute Gasteiger partial charge is 0.306 e. The molecule has 3 aliphatic carbocycles. The highest BCUT2D eigenvalue weighted by Gasteiger charge is 2.50. The molecule has 0 bridgehead atoms. The van der Waals surface area contributed by atoms with Crippen LogP contribution < -0.4 is 5.32 Å². The van der Waals surface area contributed by atoms with Crippen LogP contribution in [0, 0.1) is 5.92 Å². The Bertz CT molecular complexity index is 838. The Kier molecular flexibility index (Phi) is 4.46. The minimum absolute atomic E-state index is 0.0316. The van der Waals surface area contributed by atoms with Gasteiger partial charge in [-0.15, -0.1) is 0 Å². The summed E-state index contributed by atoms with van der Waals surface area (Å²) in [7, 11) is 0. The molecule has 0 saturated heterocycles. The Morgan fingerprint density at radius 3 is 2.61 bits per heavy atom. The van der Waals surface area contributed by atoms with Gasteiger partial charge in [0.25, 0.3) is 0 Å². The standard InChI is InChI=1S/C22H27N3O3/c26-20(27)16-8-6-15(7-9-16)19-24-21(25-28-19)22(10-11-22)13-23-18-12-17(18)14-4-2-1-3-5-14/h1-5,15-18,23H,6-13H2,(H,26,27)/t15-,16-,17-,18+/m1/s1. The van der Waals surface area contributed by atoms with E-state index >= 15 is 0 Å². The van der Waals surface area contributed by atoms with Crippen molar-refractivity contribution < 1.29 is 14.4 Å². The minimum Gasteiger partial charge on any atom is -0.481 e. The topological polar surface area (TPSA) is 88.2 Å². The van der Waals surface area contributed by atoms with Gasteiger partial charge in [0, 0.05) is 29.8 Å². The lowest BCUT2D eigenvalue weighted by Crippen LogP contribution is -2.30. The number of nitrogens with zero attached hydrogens (tertiary/aromatic N) is 2.